The minimum Gasteiger partial charge on any atom is -0.480 e. The summed E-state index contributed by atoms with van der Waals surface area (Å²) in [6.45, 7) is 5.50. The van der Waals surface area contributed by atoms with E-state index >= 15 is 0 Å². The first-order valence-corrected chi connectivity index (χ1v) is 6.13. The lowest BCUT2D eigenvalue weighted by molar-refractivity contribution is -0.140. The van der Waals surface area contributed by atoms with Crippen molar-refractivity contribution in [3.8, 4) is 0 Å². The first-order valence-electron chi connectivity index (χ1n) is 5.08. The van der Waals surface area contributed by atoms with Crippen LogP contribution in [0, 0.1) is 0 Å². The van der Waals surface area contributed by atoms with Crippen LogP contribution in [-0.2, 0) is 9.59 Å². The Morgan fingerprint density at radius 3 is 2.47 bits per heavy atom. The van der Waals surface area contributed by atoms with E-state index in [2.05, 4.69) is 19.2 Å². The lowest BCUT2D eigenvalue weighted by Crippen LogP contribution is -2.41. The second-order valence-electron chi connectivity index (χ2n) is 3.52. The molecule has 0 fully saturated rings. The fraction of sp³-hybridized carbons (Fsp3) is 0.800. The highest BCUT2D eigenvalue weighted by atomic mass is 32.2. The molecule has 0 aromatic heterocycles. The second-order valence-corrected chi connectivity index (χ2v) is 5.00. The molecule has 5 heteroatoms. The highest BCUT2D eigenvalue weighted by Crippen LogP contribution is 2.16. The van der Waals surface area contributed by atoms with Gasteiger partial charge in [-0.1, -0.05) is 20.3 Å². The molecule has 0 aliphatic rings. The first-order chi connectivity index (χ1) is 6.97. The normalized spacial score (nSPS) is 14.3. The van der Waals surface area contributed by atoms with E-state index < -0.39 is 12.0 Å². The zero-order valence-corrected chi connectivity index (χ0v) is 10.3. The van der Waals surface area contributed by atoms with Gasteiger partial charge >= 0.3 is 5.97 Å². The van der Waals surface area contributed by atoms with Crippen LogP contribution in [0.5, 0.6) is 0 Å². The van der Waals surface area contributed by atoms with E-state index in [0.29, 0.717) is 11.0 Å². The molecule has 0 saturated heterocycles. The number of carboxylic acids is 1. The van der Waals surface area contributed by atoms with Crippen LogP contribution in [0.3, 0.4) is 0 Å². The first kappa shape index (κ1) is 14.3. The summed E-state index contributed by atoms with van der Waals surface area (Å²) in [5, 5.41) is 11.7. The maximum atomic E-state index is 10.8. The minimum atomic E-state index is -0.971. The van der Waals surface area contributed by atoms with Crippen molar-refractivity contribution in [1.82, 2.24) is 5.32 Å². The third-order valence-corrected chi connectivity index (χ3v) is 3.25. The number of nitrogens with one attached hydrogen (secondary N) is 1. The molecule has 2 atom stereocenters. The molecule has 2 unspecified atom stereocenters. The smallest absolute Gasteiger partial charge is 0.327 e. The monoisotopic (exact) mass is 233 g/mol. The van der Waals surface area contributed by atoms with Crippen LogP contribution in [0.15, 0.2) is 0 Å². The lowest BCUT2D eigenvalue weighted by atomic mass is 10.3. The van der Waals surface area contributed by atoms with Crippen molar-refractivity contribution < 1.29 is 14.7 Å². The Morgan fingerprint density at radius 2 is 2.07 bits per heavy atom. The highest BCUT2D eigenvalue weighted by Gasteiger charge is 2.19. The predicted molar refractivity (Wildman–Crippen MR) is 62.1 cm³/mol. The summed E-state index contributed by atoms with van der Waals surface area (Å²) >= 11 is 1.58. The molecular formula is C10H19NO3S. The summed E-state index contributed by atoms with van der Waals surface area (Å²) in [4.78, 5) is 21.5. The summed E-state index contributed by atoms with van der Waals surface area (Å²) in [6, 6.07) is -0.771. The Hall–Kier alpha value is -0.710. The zero-order valence-electron chi connectivity index (χ0n) is 9.45. The molecule has 4 nitrogen and oxygen atoms in total. The van der Waals surface area contributed by atoms with Crippen molar-refractivity contribution in [3.05, 3.63) is 0 Å². The number of carbonyl (C=O) groups excluding carboxylic acids is 1. The Morgan fingerprint density at radius 1 is 1.47 bits per heavy atom. The van der Waals surface area contributed by atoms with Gasteiger partial charge in [-0.3, -0.25) is 4.79 Å². The predicted octanol–water partition coefficient (Wildman–Crippen LogP) is 1.50. The Kier molecular flexibility index (Phi) is 7.21. The van der Waals surface area contributed by atoms with Gasteiger partial charge in [0.2, 0.25) is 5.91 Å². The van der Waals surface area contributed by atoms with E-state index in [1.54, 1.807) is 11.8 Å². The van der Waals surface area contributed by atoms with E-state index in [4.69, 9.17) is 5.11 Å². The quantitative estimate of drug-likeness (QED) is 0.699. The Balaban J connectivity index is 3.96. The van der Waals surface area contributed by atoms with Crippen LogP contribution >= 0.6 is 11.8 Å². The molecule has 0 rings (SSSR count). The van der Waals surface area contributed by atoms with Crippen LogP contribution < -0.4 is 5.32 Å². The molecular weight excluding hydrogens is 214 g/mol. The zero-order chi connectivity index (χ0) is 11.8. The van der Waals surface area contributed by atoms with Gasteiger partial charge in [0.25, 0.3) is 0 Å². The fourth-order valence-electron chi connectivity index (χ4n) is 1.17. The van der Waals surface area contributed by atoms with Gasteiger partial charge in [0, 0.05) is 17.9 Å². The van der Waals surface area contributed by atoms with E-state index in [9.17, 15) is 9.59 Å². The SMILES string of the molecule is CCCC(C)SCC(NC(C)=O)C(=O)O. The fourth-order valence-corrected chi connectivity index (χ4v) is 2.32. The van der Waals surface area contributed by atoms with Gasteiger partial charge in [0.15, 0.2) is 0 Å². The van der Waals surface area contributed by atoms with Crippen LogP contribution in [0.1, 0.15) is 33.6 Å². The molecule has 0 aliphatic heterocycles. The number of hydrogen-bond acceptors (Lipinski definition) is 3. The second kappa shape index (κ2) is 7.56. The summed E-state index contributed by atoms with van der Waals surface area (Å²) < 4.78 is 0. The maximum Gasteiger partial charge on any atom is 0.327 e. The number of aliphatic carboxylic acids is 1. The standard InChI is InChI=1S/C10H19NO3S/c1-4-5-7(2)15-6-9(10(13)14)11-8(3)12/h7,9H,4-6H2,1-3H3,(H,11,12)(H,13,14). The number of thioether (sulfide) groups is 1. The highest BCUT2D eigenvalue weighted by molar-refractivity contribution is 7.99. The Bertz CT molecular complexity index is 221. The van der Waals surface area contributed by atoms with Gasteiger partial charge in [-0.05, 0) is 6.42 Å². The maximum absolute atomic E-state index is 10.8. The van der Waals surface area contributed by atoms with Gasteiger partial charge in [-0.15, -0.1) is 0 Å². The van der Waals surface area contributed by atoms with Crippen molar-refractivity contribution in [1.29, 1.82) is 0 Å². The summed E-state index contributed by atoms with van der Waals surface area (Å²) in [7, 11) is 0. The van der Waals surface area contributed by atoms with E-state index in [-0.39, 0.29) is 5.91 Å². The molecule has 0 spiro atoms. The average Bonchev–Trinajstić information content (AvgIpc) is 2.11. The molecule has 0 aromatic rings. The van der Waals surface area contributed by atoms with Gasteiger partial charge < -0.3 is 10.4 Å². The minimum absolute atomic E-state index is 0.300. The van der Waals surface area contributed by atoms with Gasteiger partial charge in [-0.25, -0.2) is 4.79 Å². The van der Waals surface area contributed by atoms with Crippen molar-refractivity contribution in [3.63, 3.8) is 0 Å². The van der Waals surface area contributed by atoms with Gasteiger partial charge in [0.1, 0.15) is 6.04 Å². The van der Waals surface area contributed by atoms with Crippen LogP contribution in [0.25, 0.3) is 0 Å². The van der Waals surface area contributed by atoms with E-state index in [1.807, 2.05) is 0 Å². The molecule has 0 saturated carbocycles. The average molecular weight is 233 g/mol. The van der Waals surface area contributed by atoms with E-state index in [1.165, 1.54) is 6.92 Å². The molecule has 0 radical (unpaired) electrons. The topological polar surface area (TPSA) is 66.4 Å². The largest absolute Gasteiger partial charge is 0.480 e. The molecule has 1 amide bonds. The summed E-state index contributed by atoms with van der Waals surface area (Å²) in [5.41, 5.74) is 0. The van der Waals surface area contributed by atoms with Crippen LogP contribution in [-0.4, -0.2) is 34.0 Å². The van der Waals surface area contributed by atoms with Crippen molar-refractivity contribution >= 4 is 23.6 Å². The number of carbonyl (C=O) groups is 2. The van der Waals surface area contributed by atoms with Gasteiger partial charge in [-0.2, -0.15) is 11.8 Å². The number of carboxylic acid groups (broad SMARTS) is 1. The third kappa shape index (κ3) is 7.25. The Labute approximate surface area is 94.8 Å². The van der Waals surface area contributed by atoms with Crippen LogP contribution in [0.2, 0.25) is 0 Å². The molecule has 15 heavy (non-hydrogen) atoms. The number of amides is 1. The lowest BCUT2D eigenvalue weighted by Gasteiger charge is -2.15. The molecule has 2 N–H and O–H groups in total. The number of hydrogen-bond donors (Lipinski definition) is 2. The summed E-state index contributed by atoms with van der Waals surface area (Å²) in [5.74, 6) is -0.844. The third-order valence-electron chi connectivity index (χ3n) is 1.92. The molecule has 0 heterocycles. The number of rotatable bonds is 7. The van der Waals surface area contributed by atoms with Crippen molar-refractivity contribution in [2.24, 2.45) is 0 Å². The van der Waals surface area contributed by atoms with Crippen LogP contribution in [0.4, 0.5) is 0 Å². The molecule has 88 valence electrons. The molecule has 0 aromatic carbocycles. The van der Waals surface area contributed by atoms with Crippen molar-refractivity contribution in [2.45, 2.75) is 44.9 Å². The van der Waals surface area contributed by atoms with Crippen molar-refractivity contribution in [2.75, 3.05) is 5.75 Å². The van der Waals surface area contributed by atoms with Gasteiger partial charge in [0.05, 0.1) is 0 Å². The molecule has 0 bridgehead atoms. The summed E-state index contributed by atoms with van der Waals surface area (Å²) in [6.07, 6.45) is 2.16. The van der Waals surface area contributed by atoms with E-state index in [0.717, 1.165) is 12.8 Å². The molecule has 0 aliphatic carbocycles.